The van der Waals surface area contributed by atoms with Gasteiger partial charge in [-0.25, -0.2) is 0 Å². The molecule has 4 aliphatic rings. The van der Waals surface area contributed by atoms with Gasteiger partial charge in [0.15, 0.2) is 0 Å². The van der Waals surface area contributed by atoms with Gasteiger partial charge in [0, 0.05) is 50.0 Å². The highest BCUT2D eigenvalue weighted by atomic mass is 16.5. The first-order chi connectivity index (χ1) is 18.3. The lowest BCUT2D eigenvalue weighted by Crippen LogP contribution is -2.38. The molecule has 1 unspecified atom stereocenters. The molecule has 4 aliphatic heterocycles. The zero-order chi connectivity index (χ0) is 27.1. The van der Waals surface area contributed by atoms with E-state index in [0.29, 0.717) is 23.7 Å². The molecule has 3 fully saturated rings. The van der Waals surface area contributed by atoms with Crippen molar-refractivity contribution < 1.29 is 9.47 Å². The predicted molar refractivity (Wildman–Crippen MR) is 155 cm³/mol. The van der Waals surface area contributed by atoms with Gasteiger partial charge in [-0.1, -0.05) is 33.8 Å². The van der Waals surface area contributed by atoms with E-state index in [4.69, 9.17) is 19.5 Å². The molecule has 0 aliphatic carbocycles. The van der Waals surface area contributed by atoms with Crippen molar-refractivity contribution in [3.05, 3.63) is 46.7 Å². The highest BCUT2D eigenvalue weighted by Gasteiger charge is 2.26. The van der Waals surface area contributed by atoms with Gasteiger partial charge in [-0.3, -0.25) is 19.9 Å². The summed E-state index contributed by atoms with van der Waals surface area (Å²) in [6.07, 6.45) is 11.1. The third-order valence-corrected chi connectivity index (χ3v) is 7.87. The fraction of sp³-hybridized carbons (Fsp3) is 0.710. The van der Waals surface area contributed by atoms with Gasteiger partial charge in [0.05, 0.1) is 36.0 Å². The second-order valence-corrected chi connectivity index (χ2v) is 12.0. The number of likely N-dealkylation sites (tertiary alicyclic amines) is 1. The van der Waals surface area contributed by atoms with Crippen LogP contribution in [0.3, 0.4) is 0 Å². The fourth-order valence-corrected chi connectivity index (χ4v) is 5.35. The Bertz CT molecular complexity index is 998. The molecular formula is C31H49N5O2. The average Bonchev–Trinajstić information content (AvgIpc) is 3.54. The molecule has 0 aromatic carbocycles. The van der Waals surface area contributed by atoms with E-state index in [9.17, 15) is 0 Å². The van der Waals surface area contributed by atoms with E-state index in [-0.39, 0.29) is 0 Å². The van der Waals surface area contributed by atoms with Crippen molar-refractivity contribution in [2.75, 3.05) is 60.2 Å². The molecule has 7 heteroatoms. The molecule has 0 spiro atoms. The smallest absolute Gasteiger partial charge is 0.0765 e. The minimum absolute atomic E-state index is 0.423. The largest absolute Gasteiger partial charge is 0.381 e. The molecule has 0 amide bonds. The van der Waals surface area contributed by atoms with Crippen LogP contribution in [0.15, 0.2) is 34.6 Å². The summed E-state index contributed by atoms with van der Waals surface area (Å²) in [4.78, 5) is 19.2. The molecule has 3 saturated heterocycles. The second-order valence-electron chi connectivity index (χ2n) is 12.0. The molecule has 0 saturated carbocycles. The van der Waals surface area contributed by atoms with E-state index in [2.05, 4.69) is 68.7 Å². The first kappa shape index (κ1) is 29.1. The number of hydrogen-bond acceptors (Lipinski definition) is 7. The van der Waals surface area contributed by atoms with Crippen LogP contribution in [0.5, 0.6) is 0 Å². The Labute approximate surface area is 230 Å². The number of aromatic nitrogens is 2. The maximum atomic E-state index is 5.60. The Kier molecular flexibility index (Phi) is 10.6. The van der Waals surface area contributed by atoms with Crippen LogP contribution >= 0.6 is 0 Å². The van der Waals surface area contributed by atoms with E-state index in [1.165, 1.54) is 42.9 Å². The minimum Gasteiger partial charge on any atom is -0.381 e. The summed E-state index contributed by atoms with van der Waals surface area (Å²) in [6.45, 7) is 16.6. The van der Waals surface area contributed by atoms with Gasteiger partial charge in [0.1, 0.15) is 0 Å². The summed E-state index contributed by atoms with van der Waals surface area (Å²) in [5.74, 6) is 1.93. The van der Waals surface area contributed by atoms with E-state index in [0.717, 1.165) is 69.4 Å². The van der Waals surface area contributed by atoms with E-state index < -0.39 is 0 Å². The molecule has 2 atom stereocenters. The zero-order valence-electron chi connectivity index (χ0n) is 24.6. The first-order valence-electron chi connectivity index (χ1n) is 14.7. The van der Waals surface area contributed by atoms with Crippen LogP contribution in [0.1, 0.15) is 82.3 Å². The fourth-order valence-electron chi connectivity index (χ4n) is 5.35. The van der Waals surface area contributed by atoms with Gasteiger partial charge in [0.2, 0.25) is 0 Å². The Balaban J connectivity index is 0.000000178. The standard InChI is InChI=1S/C17H26N2O.C14H23N3O/c1-13(2)16-6-3-5-15(14-7-10-20-12-14)17(18-16)11-19-8-4-9-19;1-10(2)12-7-15-14(11-5-6-18-9-11)13(16-12)8-17(3)4/h3,6,13-14H,4-5,7-12H2,1-2H3;7,10-11H,5-6,8-9H2,1-4H3/t14-;/m1./s1. The maximum Gasteiger partial charge on any atom is 0.0765 e. The summed E-state index contributed by atoms with van der Waals surface area (Å²) in [5.41, 5.74) is 7.41. The van der Waals surface area contributed by atoms with Crippen molar-refractivity contribution in [2.45, 2.75) is 71.8 Å². The molecule has 210 valence electrons. The summed E-state index contributed by atoms with van der Waals surface area (Å²) in [6, 6.07) is 0. The second kappa shape index (κ2) is 13.9. The number of ether oxygens (including phenoxy) is 2. The van der Waals surface area contributed by atoms with Crippen LogP contribution in [0.2, 0.25) is 0 Å². The van der Waals surface area contributed by atoms with Crippen LogP contribution in [0.4, 0.5) is 0 Å². The highest BCUT2D eigenvalue weighted by molar-refractivity contribution is 5.97. The topological polar surface area (TPSA) is 63.1 Å². The van der Waals surface area contributed by atoms with Crippen molar-refractivity contribution in [1.29, 1.82) is 0 Å². The van der Waals surface area contributed by atoms with Crippen molar-refractivity contribution in [2.24, 2.45) is 16.8 Å². The highest BCUT2D eigenvalue weighted by Crippen LogP contribution is 2.31. The minimum atomic E-state index is 0.423. The van der Waals surface area contributed by atoms with Gasteiger partial charge < -0.3 is 14.4 Å². The summed E-state index contributed by atoms with van der Waals surface area (Å²) < 4.78 is 11.1. The van der Waals surface area contributed by atoms with Gasteiger partial charge in [-0.05, 0) is 76.4 Å². The van der Waals surface area contributed by atoms with E-state index in [1.54, 1.807) is 0 Å². The molecule has 0 bridgehead atoms. The molecule has 38 heavy (non-hydrogen) atoms. The molecule has 0 N–H and O–H groups in total. The van der Waals surface area contributed by atoms with Crippen molar-refractivity contribution >= 4 is 5.71 Å². The van der Waals surface area contributed by atoms with Crippen LogP contribution in [0.25, 0.3) is 0 Å². The van der Waals surface area contributed by atoms with Crippen molar-refractivity contribution in [3.63, 3.8) is 0 Å². The van der Waals surface area contributed by atoms with Crippen molar-refractivity contribution in [1.82, 2.24) is 19.8 Å². The monoisotopic (exact) mass is 523 g/mol. The number of rotatable bonds is 8. The lowest BCUT2D eigenvalue weighted by atomic mass is 9.93. The average molecular weight is 524 g/mol. The Morgan fingerprint density at radius 1 is 1.00 bits per heavy atom. The quantitative estimate of drug-likeness (QED) is 0.466. The lowest BCUT2D eigenvalue weighted by Gasteiger charge is -2.32. The van der Waals surface area contributed by atoms with Crippen LogP contribution in [0, 0.1) is 11.8 Å². The zero-order valence-corrected chi connectivity index (χ0v) is 24.6. The Hall–Kier alpha value is -1.93. The van der Waals surface area contributed by atoms with Crippen LogP contribution in [-0.2, 0) is 16.0 Å². The predicted octanol–water partition coefficient (Wildman–Crippen LogP) is 5.21. The Morgan fingerprint density at radius 3 is 2.26 bits per heavy atom. The molecular weight excluding hydrogens is 474 g/mol. The third kappa shape index (κ3) is 7.81. The summed E-state index contributed by atoms with van der Waals surface area (Å²) >= 11 is 0. The van der Waals surface area contributed by atoms with Crippen molar-refractivity contribution in [3.8, 4) is 0 Å². The molecule has 1 aromatic heterocycles. The third-order valence-electron chi connectivity index (χ3n) is 7.87. The lowest BCUT2D eigenvalue weighted by molar-refractivity contribution is 0.187. The number of aliphatic imine (C=N–C) groups is 1. The van der Waals surface area contributed by atoms with E-state index >= 15 is 0 Å². The number of hydrogen-bond donors (Lipinski definition) is 0. The SMILES string of the molecule is CC(C)C1=NC(CN2CCC2)=C([C@@H]2CCOC2)CC=C1.CC(C)c1cnc(C2CCOC2)c(CN(C)C)n1. The maximum absolute atomic E-state index is 5.60. The van der Waals surface area contributed by atoms with Gasteiger partial charge in [0.25, 0.3) is 0 Å². The van der Waals surface area contributed by atoms with Gasteiger partial charge >= 0.3 is 0 Å². The van der Waals surface area contributed by atoms with Crippen LogP contribution < -0.4 is 0 Å². The normalized spacial score (nSPS) is 24.1. The first-order valence-corrected chi connectivity index (χ1v) is 14.7. The summed E-state index contributed by atoms with van der Waals surface area (Å²) in [5, 5.41) is 0. The molecule has 1 aromatic rings. The van der Waals surface area contributed by atoms with Gasteiger partial charge in [-0.2, -0.15) is 0 Å². The van der Waals surface area contributed by atoms with Gasteiger partial charge in [-0.15, -0.1) is 0 Å². The molecule has 5 rings (SSSR count). The van der Waals surface area contributed by atoms with E-state index in [1.807, 2.05) is 6.20 Å². The Morgan fingerprint density at radius 2 is 1.71 bits per heavy atom. The summed E-state index contributed by atoms with van der Waals surface area (Å²) in [7, 11) is 4.14. The molecule has 0 radical (unpaired) electrons. The van der Waals surface area contributed by atoms with Crippen LogP contribution in [-0.4, -0.2) is 85.6 Å². The number of nitrogens with zero attached hydrogens (tertiary/aromatic N) is 5. The molecule has 7 nitrogen and oxygen atoms in total. The number of allylic oxidation sites excluding steroid dienone is 2. The molecule has 5 heterocycles.